The Bertz CT molecular complexity index is 7110. The summed E-state index contributed by atoms with van der Waals surface area (Å²) in [6.45, 7) is 0. The highest BCUT2D eigenvalue weighted by molar-refractivity contribution is 7.88. The maximum atomic E-state index is 15.0. The molecule has 0 saturated heterocycles. The Balaban J connectivity index is 0.837. The number of benzene rings is 15. The molecule has 3 N–H and O–H groups in total. The third kappa shape index (κ3) is 18.8. The van der Waals surface area contributed by atoms with Crippen molar-refractivity contribution in [2.45, 2.75) is 29.4 Å². The van der Waals surface area contributed by atoms with Crippen molar-refractivity contribution in [2.75, 3.05) is 114 Å². The van der Waals surface area contributed by atoms with E-state index in [0.717, 1.165) is 36.8 Å². The van der Waals surface area contributed by atoms with E-state index in [9.17, 15) is 25.3 Å². The van der Waals surface area contributed by atoms with Crippen molar-refractivity contribution in [3.05, 3.63) is 296 Å². The van der Waals surface area contributed by atoms with E-state index in [1.165, 1.54) is 72.8 Å². The fourth-order valence-corrected chi connectivity index (χ4v) is 22.0. The molecule has 0 heterocycles. The second-order valence-corrected chi connectivity index (χ2v) is 40.0. The highest BCUT2D eigenvalue weighted by Crippen LogP contribution is 2.42. The van der Waals surface area contributed by atoms with Gasteiger partial charge < -0.3 is 54.5 Å². The van der Waals surface area contributed by atoms with Gasteiger partial charge in [0.25, 0.3) is 0 Å². The van der Waals surface area contributed by atoms with E-state index in [0.29, 0.717) is 82.6 Å². The number of hydrogen-bond acceptors (Lipinski definition) is 30. The summed E-state index contributed by atoms with van der Waals surface area (Å²) in [4.78, 5) is 9.48. The van der Waals surface area contributed by atoms with E-state index in [2.05, 4.69) is 31.6 Å². The fourth-order valence-electron chi connectivity index (χ4n) is 15.0. The van der Waals surface area contributed by atoms with E-state index < -0.39 is 101 Å². The Kier molecular flexibility index (Phi) is 25.2. The van der Waals surface area contributed by atoms with Gasteiger partial charge in [0.05, 0.1) is 18.6 Å². The Morgan fingerprint density at radius 2 is 0.392 bits per heavy atom. The predicted molar refractivity (Wildman–Crippen MR) is 511 cm³/mol. The predicted octanol–water partition coefficient (Wildman–Crippen LogP) is 15.2. The van der Waals surface area contributed by atoms with Gasteiger partial charge in [-0.3, -0.25) is 0 Å². The molecular formula is C94H87N12O18S6+. The van der Waals surface area contributed by atoms with Crippen molar-refractivity contribution in [1.29, 1.82) is 0 Å². The molecule has 0 aliphatic carbocycles. The van der Waals surface area contributed by atoms with Gasteiger partial charge in [-0.1, -0.05) is 162 Å². The number of hydrogen-bond donors (Lipinski definition) is 3. The lowest BCUT2D eigenvalue weighted by Gasteiger charge is -2.18. The van der Waals surface area contributed by atoms with Crippen molar-refractivity contribution < 1.29 is 75.6 Å². The first-order valence-corrected chi connectivity index (χ1v) is 48.3. The standard InChI is InChI=1S/C94H87N12O18S6/c1-101(2)79-37-13-31-73-67(79)25-19-43-88(73)125(107,108)119-64-52-49-61(85(55-64)122-128(113,114)91-46-22-28-70-76(91)34-16-40-82(70)104(7)8)58-95-98-94(99-96-59-62-50-53-65(120-126(109,110)89-44-20-26-68-74(89)32-14-38-80(68)102(3)4)56-86(62)123-129(115,116)92-47-23-29-71-77(92)35-17-41-83(71)105(9)10)100-97-60-63-51-54-66(121-127(111,112)90-45-21-27-69-75(90)33-15-39-81(69)103(5)6)57-87(63)124-130(117,118)93-48-24-30-72-78(93)36-18-42-84(72)106(11)12/h13-60,98-100H,1-12H3/q+1/b95-58+,96-59+,97-60+. The Hall–Kier alpha value is -14.6. The molecule has 0 bridgehead atoms. The second kappa shape index (κ2) is 36.3. The normalized spacial score (nSPS) is 12.3. The number of nitrogens with zero attached hydrogens (tertiary/aromatic N) is 9. The van der Waals surface area contributed by atoms with Crippen LogP contribution in [0.5, 0.6) is 34.5 Å². The molecule has 36 heteroatoms. The van der Waals surface area contributed by atoms with Crippen LogP contribution >= 0.6 is 0 Å². The number of anilines is 6. The molecular weight excluding hydrogens is 1780 g/mol. The zero-order chi connectivity index (χ0) is 92.5. The molecule has 0 unspecified atom stereocenters. The minimum atomic E-state index is -4.90. The molecule has 0 fully saturated rings. The zero-order valence-corrected chi connectivity index (χ0v) is 76.9. The SMILES string of the molecule is CN(C)c1cccc2c(S(=O)(=O)Oc3ccc(/C=N/N[C+](N/N=C/c4ccc(OS(=O)(=O)c5cccc6c(N(C)C)cccc56)cc4OS(=O)(=O)c4cccc5c(N(C)C)cccc45)N/N=C/c4ccc(OS(=O)(=O)c5cccc6c(N(C)C)cccc56)cc4OS(=O)(=O)c4cccc5c(N(C)C)cccc45)c(OS(=O)(=O)c4cccc5c(N(C)C)cccc45)c3)cccc12. The Morgan fingerprint density at radius 1 is 0.223 bits per heavy atom. The molecule has 0 aliphatic rings. The van der Waals surface area contributed by atoms with Gasteiger partial charge in [0.1, 0.15) is 46.6 Å². The highest BCUT2D eigenvalue weighted by Gasteiger charge is 2.32. The van der Waals surface area contributed by atoms with Gasteiger partial charge >= 0.3 is 67.0 Å². The summed E-state index contributed by atoms with van der Waals surface area (Å²) in [6, 6.07) is 69.4. The molecule has 30 nitrogen and oxygen atoms in total. The van der Waals surface area contributed by atoms with Crippen LogP contribution in [0.1, 0.15) is 16.7 Å². The van der Waals surface area contributed by atoms with E-state index in [1.807, 2.05) is 108 Å². The summed E-state index contributed by atoms with van der Waals surface area (Å²) in [7, 11) is -7.25. The minimum absolute atomic E-state index is 0.132. The molecule has 130 heavy (non-hydrogen) atoms. The van der Waals surface area contributed by atoms with Crippen LogP contribution in [0, 0.1) is 6.29 Å². The van der Waals surface area contributed by atoms with Crippen molar-refractivity contribution in [3.8, 4) is 34.5 Å². The van der Waals surface area contributed by atoms with E-state index >= 15 is 25.3 Å². The van der Waals surface area contributed by atoms with Crippen LogP contribution in [0.3, 0.4) is 0 Å². The molecule has 666 valence electrons. The zero-order valence-electron chi connectivity index (χ0n) is 72.0. The summed E-state index contributed by atoms with van der Waals surface area (Å²) in [5, 5.41) is 18.6. The molecule has 15 aromatic rings. The van der Waals surface area contributed by atoms with Crippen molar-refractivity contribution >= 4 is 178 Å². The molecule has 0 aliphatic heterocycles. The van der Waals surface area contributed by atoms with Crippen LogP contribution in [0.15, 0.2) is 318 Å². The summed E-state index contributed by atoms with van der Waals surface area (Å²) >= 11 is 0. The topological polar surface area (TPSA) is 353 Å². The molecule has 0 radical (unpaired) electrons. The van der Waals surface area contributed by atoms with Crippen LogP contribution in [0.4, 0.5) is 34.1 Å². The smallest absolute Gasteiger partial charge is 0.379 e. The van der Waals surface area contributed by atoms with Crippen LogP contribution in [0.25, 0.3) is 64.6 Å². The van der Waals surface area contributed by atoms with E-state index in [-0.39, 0.29) is 62.2 Å². The lowest BCUT2D eigenvalue weighted by molar-refractivity contribution is 0.473. The molecule has 0 saturated carbocycles. The Morgan fingerprint density at radius 3 is 0.577 bits per heavy atom. The summed E-state index contributed by atoms with van der Waals surface area (Å²) in [5.74, 6) is -2.70. The van der Waals surface area contributed by atoms with Crippen molar-refractivity contribution in [1.82, 2.24) is 16.3 Å². The van der Waals surface area contributed by atoms with Gasteiger partial charge in [0.2, 0.25) is 0 Å². The van der Waals surface area contributed by atoms with Crippen LogP contribution < -0.4 is 70.8 Å². The van der Waals surface area contributed by atoms with Gasteiger partial charge in [-0.25, -0.2) is 0 Å². The Labute approximate surface area is 753 Å². The largest absolute Gasteiger partial charge is 0.476 e. The summed E-state index contributed by atoms with van der Waals surface area (Å²) in [6.07, 6.45) is 2.81. The van der Waals surface area contributed by atoms with Gasteiger partial charge in [0.15, 0.2) is 17.2 Å². The average Bonchev–Trinajstić information content (AvgIpc) is 0.707. The third-order valence-electron chi connectivity index (χ3n) is 21.0. The number of hydrazone groups is 3. The molecule has 0 aromatic heterocycles. The fraction of sp³-hybridized carbons (Fsp3) is 0.128. The third-order valence-corrected chi connectivity index (χ3v) is 28.8. The lowest BCUT2D eigenvalue weighted by atomic mass is 10.1. The molecule has 0 amide bonds. The van der Waals surface area contributed by atoms with Crippen LogP contribution in [-0.2, 0) is 60.7 Å². The van der Waals surface area contributed by atoms with E-state index in [4.69, 9.17) is 25.1 Å². The maximum Gasteiger partial charge on any atom is 0.476 e. The molecule has 0 spiro atoms. The lowest BCUT2D eigenvalue weighted by Crippen LogP contribution is -2.38. The van der Waals surface area contributed by atoms with Gasteiger partial charge in [-0.15, -0.1) is 15.3 Å². The number of rotatable bonds is 33. The molecule has 0 atom stereocenters. The van der Waals surface area contributed by atoms with E-state index in [1.54, 1.807) is 188 Å². The first kappa shape index (κ1) is 90.2. The summed E-state index contributed by atoms with van der Waals surface area (Å²) < 4.78 is 213. The quantitative estimate of drug-likeness (QED) is 0.0149. The van der Waals surface area contributed by atoms with Crippen LogP contribution in [-0.4, -0.2) is 154 Å². The number of fused-ring (bicyclic) bond motifs is 6. The molecule has 15 aromatic carbocycles. The number of nitrogens with one attached hydrogen (secondary N) is 3. The maximum absolute atomic E-state index is 15.0. The van der Waals surface area contributed by atoms with Crippen LogP contribution in [0.2, 0.25) is 0 Å². The van der Waals surface area contributed by atoms with Gasteiger partial charge in [-0.05, 0) is 109 Å². The van der Waals surface area contributed by atoms with Gasteiger partial charge in [-0.2, -0.15) is 50.5 Å². The van der Waals surface area contributed by atoms with Crippen molar-refractivity contribution in [2.24, 2.45) is 15.3 Å². The average molecular weight is 1870 g/mol. The second-order valence-electron chi connectivity index (χ2n) is 30.9. The summed E-state index contributed by atoms with van der Waals surface area (Å²) in [5.41, 5.74) is 11.9. The first-order chi connectivity index (χ1) is 61.9. The van der Waals surface area contributed by atoms with Gasteiger partial charge in [0, 0.05) is 218 Å². The van der Waals surface area contributed by atoms with Crippen molar-refractivity contribution in [3.63, 3.8) is 0 Å². The minimum Gasteiger partial charge on any atom is -0.379 e. The molecule has 15 rings (SSSR count). The first-order valence-electron chi connectivity index (χ1n) is 39.9. The highest BCUT2D eigenvalue weighted by atomic mass is 32.2. The monoisotopic (exact) mass is 1860 g/mol.